The van der Waals surface area contributed by atoms with Gasteiger partial charge >= 0.3 is 12.4 Å². The van der Waals surface area contributed by atoms with E-state index in [2.05, 4.69) is 9.97 Å². The van der Waals surface area contributed by atoms with Gasteiger partial charge in [0.1, 0.15) is 11.3 Å². The first-order valence-electron chi connectivity index (χ1n) is 13.6. The van der Waals surface area contributed by atoms with Gasteiger partial charge in [-0.2, -0.15) is 26.3 Å². The summed E-state index contributed by atoms with van der Waals surface area (Å²) in [6, 6.07) is 6.74. The number of likely N-dealkylation sites (tertiary alicyclic amines) is 2. The van der Waals surface area contributed by atoms with Gasteiger partial charge in [-0.1, -0.05) is 23.7 Å². The number of hydrogen-bond acceptors (Lipinski definition) is 6. The van der Waals surface area contributed by atoms with Crippen molar-refractivity contribution in [1.29, 1.82) is 0 Å². The van der Waals surface area contributed by atoms with E-state index in [9.17, 15) is 36.2 Å². The maximum atomic E-state index is 13.2. The molecule has 232 valence electrons. The van der Waals surface area contributed by atoms with Crippen molar-refractivity contribution in [3.05, 3.63) is 63.9 Å². The standard InChI is InChI=1S/C29H29ClF6N4O3/c1-16(41)40-13-20(14-40)27(42,19-4-6-24(37-12-19)29(34,35)36)18-3-5-23-21(11-18)25(30)22(26(38-23)43-2)15-39-9-7-17(8-10-39)28(31,32)33/h3-6,11-12,17,20,42H,7-10,13-15H2,1-2H3/t27-/m0/s1. The zero-order valence-corrected chi connectivity index (χ0v) is 24.0. The van der Waals surface area contributed by atoms with Crippen molar-refractivity contribution in [2.45, 2.75) is 44.3 Å². The van der Waals surface area contributed by atoms with Crippen LogP contribution in [-0.4, -0.2) is 70.2 Å². The third-order valence-electron chi connectivity index (χ3n) is 8.46. The Labute approximate surface area is 248 Å². The maximum Gasteiger partial charge on any atom is 0.433 e. The molecule has 43 heavy (non-hydrogen) atoms. The lowest BCUT2D eigenvalue weighted by molar-refractivity contribution is -0.185. The number of alkyl halides is 6. The third kappa shape index (κ3) is 5.99. The number of pyridine rings is 2. The molecule has 1 aromatic carbocycles. The number of benzene rings is 1. The zero-order chi connectivity index (χ0) is 31.3. The van der Waals surface area contributed by atoms with Crippen molar-refractivity contribution in [3.8, 4) is 5.88 Å². The summed E-state index contributed by atoms with van der Waals surface area (Å²) in [5, 5.41) is 12.8. The molecule has 14 heteroatoms. The Morgan fingerprint density at radius 3 is 2.23 bits per heavy atom. The Bertz CT molecular complexity index is 1500. The third-order valence-corrected chi connectivity index (χ3v) is 8.89. The predicted octanol–water partition coefficient (Wildman–Crippen LogP) is 5.80. The van der Waals surface area contributed by atoms with Crippen molar-refractivity contribution < 1.29 is 41.0 Å². The fourth-order valence-corrected chi connectivity index (χ4v) is 6.14. The highest BCUT2D eigenvalue weighted by atomic mass is 35.5. The molecule has 2 aliphatic rings. The molecule has 0 spiro atoms. The van der Waals surface area contributed by atoms with E-state index < -0.39 is 35.5 Å². The minimum Gasteiger partial charge on any atom is -0.481 e. The number of carbonyl (C=O) groups is 1. The number of fused-ring (bicyclic) bond motifs is 1. The van der Waals surface area contributed by atoms with Crippen LogP contribution in [0, 0.1) is 11.8 Å². The first-order valence-corrected chi connectivity index (χ1v) is 14.0. The van der Waals surface area contributed by atoms with E-state index in [1.165, 1.54) is 25.0 Å². The molecule has 5 rings (SSSR count). The molecule has 4 heterocycles. The van der Waals surface area contributed by atoms with Crippen LogP contribution in [0.5, 0.6) is 5.88 Å². The molecule has 1 atom stereocenters. The van der Waals surface area contributed by atoms with Crippen LogP contribution < -0.4 is 4.74 Å². The first kappa shape index (κ1) is 31.3. The lowest BCUT2D eigenvalue weighted by Crippen LogP contribution is -2.58. The predicted molar refractivity (Wildman–Crippen MR) is 145 cm³/mol. The number of ether oxygens (including phenoxy) is 1. The minimum atomic E-state index is -4.67. The molecule has 1 amide bonds. The number of amides is 1. The van der Waals surface area contributed by atoms with Crippen molar-refractivity contribution in [1.82, 2.24) is 19.8 Å². The van der Waals surface area contributed by atoms with Gasteiger partial charge in [0.15, 0.2) is 0 Å². The summed E-state index contributed by atoms with van der Waals surface area (Å²) in [4.78, 5) is 23.3. The summed E-state index contributed by atoms with van der Waals surface area (Å²) in [5.74, 6) is -1.92. The summed E-state index contributed by atoms with van der Waals surface area (Å²) in [6.45, 7) is 2.31. The van der Waals surface area contributed by atoms with Crippen LogP contribution in [0.3, 0.4) is 0 Å². The van der Waals surface area contributed by atoms with E-state index in [1.807, 2.05) is 4.90 Å². The Balaban J connectivity index is 1.53. The highest BCUT2D eigenvalue weighted by Gasteiger charge is 2.48. The van der Waals surface area contributed by atoms with Crippen LogP contribution in [0.25, 0.3) is 10.9 Å². The molecule has 1 N–H and O–H groups in total. The second-order valence-corrected chi connectivity index (χ2v) is 11.4. The van der Waals surface area contributed by atoms with Gasteiger partial charge in [-0.05, 0) is 49.7 Å². The van der Waals surface area contributed by atoms with Crippen molar-refractivity contribution in [2.24, 2.45) is 11.8 Å². The van der Waals surface area contributed by atoms with Gasteiger partial charge in [0.25, 0.3) is 0 Å². The lowest BCUT2D eigenvalue weighted by Gasteiger charge is -2.48. The molecular weight excluding hydrogens is 602 g/mol. The molecule has 0 saturated carbocycles. The second kappa shape index (κ2) is 11.4. The fraction of sp³-hybridized carbons (Fsp3) is 0.483. The van der Waals surface area contributed by atoms with E-state index in [1.54, 1.807) is 18.2 Å². The summed E-state index contributed by atoms with van der Waals surface area (Å²) < 4.78 is 84.6. The van der Waals surface area contributed by atoms with Gasteiger partial charge < -0.3 is 14.7 Å². The van der Waals surface area contributed by atoms with E-state index in [0.29, 0.717) is 22.0 Å². The fourth-order valence-electron chi connectivity index (χ4n) is 5.85. The maximum absolute atomic E-state index is 13.2. The average molecular weight is 631 g/mol. The van der Waals surface area contributed by atoms with Crippen LogP contribution in [0.15, 0.2) is 36.5 Å². The zero-order valence-electron chi connectivity index (χ0n) is 23.3. The number of carbonyl (C=O) groups excluding carboxylic acids is 1. The Morgan fingerprint density at radius 2 is 1.70 bits per heavy atom. The topological polar surface area (TPSA) is 78.8 Å². The number of halogens is 7. The highest BCUT2D eigenvalue weighted by Crippen LogP contribution is 2.44. The molecular formula is C29H29ClF6N4O3. The van der Waals surface area contributed by atoms with Crippen molar-refractivity contribution >= 4 is 28.4 Å². The Kier molecular flexibility index (Phi) is 8.29. The summed E-state index contributed by atoms with van der Waals surface area (Å²) >= 11 is 6.88. The van der Waals surface area contributed by atoms with Gasteiger partial charge in [-0.3, -0.25) is 14.7 Å². The summed E-state index contributed by atoms with van der Waals surface area (Å²) in [7, 11) is 1.41. The molecule has 2 saturated heterocycles. The van der Waals surface area contributed by atoms with Gasteiger partial charge in [0, 0.05) is 55.2 Å². The SMILES string of the molecule is COc1nc2ccc([C@](O)(c3ccc(C(F)(F)F)nc3)C3CN(C(C)=O)C3)cc2c(Cl)c1CN1CCC(C(F)(F)F)CC1. The monoisotopic (exact) mass is 630 g/mol. The molecule has 7 nitrogen and oxygen atoms in total. The summed E-state index contributed by atoms with van der Waals surface area (Å²) in [6.07, 6.45) is -8.02. The van der Waals surface area contributed by atoms with E-state index in [4.69, 9.17) is 16.3 Å². The molecule has 0 bridgehead atoms. The van der Waals surface area contributed by atoms with Crippen LogP contribution in [0.2, 0.25) is 5.02 Å². The molecule has 0 unspecified atom stereocenters. The molecule has 0 radical (unpaired) electrons. The van der Waals surface area contributed by atoms with Crippen LogP contribution >= 0.6 is 11.6 Å². The van der Waals surface area contributed by atoms with Gasteiger partial charge in [-0.15, -0.1) is 0 Å². The number of nitrogens with zero attached hydrogens (tertiary/aromatic N) is 4. The summed E-state index contributed by atoms with van der Waals surface area (Å²) in [5.41, 5.74) is -1.65. The Hall–Kier alpha value is -3.16. The molecule has 2 aliphatic heterocycles. The first-order chi connectivity index (χ1) is 20.1. The van der Waals surface area contributed by atoms with Crippen LogP contribution in [0.1, 0.15) is 42.1 Å². The van der Waals surface area contributed by atoms with Crippen LogP contribution in [-0.2, 0) is 23.1 Å². The van der Waals surface area contributed by atoms with Gasteiger partial charge in [-0.25, -0.2) is 4.98 Å². The normalized spacial score (nSPS) is 18.9. The molecule has 3 aromatic rings. The number of rotatable bonds is 6. The van der Waals surface area contributed by atoms with E-state index in [-0.39, 0.29) is 67.9 Å². The number of hydrogen-bond donors (Lipinski definition) is 1. The lowest BCUT2D eigenvalue weighted by atomic mass is 9.72. The minimum absolute atomic E-state index is 0.0402. The van der Waals surface area contributed by atoms with Gasteiger partial charge in [0.05, 0.1) is 23.6 Å². The van der Waals surface area contributed by atoms with E-state index in [0.717, 1.165) is 12.3 Å². The van der Waals surface area contributed by atoms with Crippen molar-refractivity contribution in [2.75, 3.05) is 33.3 Å². The molecule has 0 aliphatic carbocycles. The smallest absolute Gasteiger partial charge is 0.433 e. The quantitative estimate of drug-likeness (QED) is 0.347. The average Bonchev–Trinajstić information content (AvgIpc) is 2.92. The Morgan fingerprint density at radius 1 is 1.05 bits per heavy atom. The van der Waals surface area contributed by atoms with E-state index >= 15 is 0 Å². The number of piperidine rings is 1. The number of methoxy groups -OCH3 is 1. The van der Waals surface area contributed by atoms with Crippen molar-refractivity contribution in [3.63, 3.8) is 0 Å². The van der Waals surface area contributed by atoms with Crippen LogP contribution in [0.4, 0.5) is 26.3 Å². The number of aliphatic hydroxyl groups is 1. The number of aromatic nitrogens is 2. The highest BCUT2D eigenvalue weighted by molar-refractivity contribution is 6.36. The second-order valence-electron chi connectivity index (χ2n) is 11.1. The van der Waals surface area contributed by atoms with Gasteiger partial charge in [0.2, 0.25) is 11.8 Å². The molecule has 2 fully saturated rings. The molecule has 2 aromatic heterocycles. The largest absolute Gasteiger partial charge is 0.481 e.